The molecule has 0 saturated carbocycles. The maximum absolute atomic E-state index is 13.6. The van der Waals surface area contributed by atoms with Gasteiger partial charge in [0, 0.05) is 24.8 Å². The molecule has 0 aromatic heterocycles. The molecule has 0 amide bonds. The summed E-state index contributed by atoms with van der Waals surface area (Å²) in [5, 5.41) is 12.0. The summed E-state index contributed by atoms with van der Waals surface area (Å²) in [4.78, 5) is 0. The second-order valence-electron chi connectivity index (χ2n) is 4.21. The van der Waals surface area contributed by atoms with Crippen LogP contribution in [-0.4, -0.2) is 24.3 Å². The Morgan fingerprint density at radius 3 is 2.39 bits per heavy atom. The minimum atomic E-state index is -0.600. The first kappa shape index (κ1) is 15.0. The molecule has 102 valence electrons. The van der Waals surface area contributed by atoms with E-state index in [2.05, 4.69) is 5.32 Å². The van der Waals surface area contributed by atoms with Gasteiger partial charge in [-0.15, -0.1) is 0 Å². The maximum Gasteiger partial charge on any atom is 0.130 e. The van der Waals surface area contributed by atoms with Crippen LogP contribution in [0.1, 0.15) is 31.4 Å². The van der Waals surface area contributed by atoms with Gasteiger partial charge in [-0.2, -0.15) is 0 Å². The molecule has 0 aliphatic heterocycles. The van der Waals surface area contributed by atoms with E-state index < -0.39 is 17.7 Å². The van der Waals surface area contributed by atoms with Gasteiger partial charge in [-0.1, -0.05) is 13.0 Å². The van der Waals surface area contributed by atoms with E-state index in [1.54, 1.807) is 0 Å². The summed E-state index contributed by atoms with van der Waals surface area (Å²) in [6, 6.07) is 3.17. The molecule has 1 aromatic rings. The van der Waals surface area contributed by atoms with Crippen LogP contribution in [0.4, 0.5) is 8.78 Å². The van der Waals surface area contributed by atoms with Crippen molar-refractivity contribution >= 4 is 0 Å². The van der Waals surface area contributed by atoms with Gasteiger partial charge in [0.25, 0.3) is 0 Å². The summed E-state index contributed by atoms with van der Waals surface area (Å²) in [7, 11) is 0. The average molecular weight is 258 g/mol. The first-order valence-electron chi connectivity index (χ1n) is 6.14. The van der Waals surface area contributed by atoms with Crippen LogP contribution in [-0.2, 0) is 0 Å². The SMILES string of the molecule is CCC(CCO)NC(CN)c1c(F)cccc1F. The summed E-state index contributed by atoms with van der Waals surface area (Å²) < 4.78 is 27.3. The standard InChI is InChI=1S/C13H20F2N2O/c1-2-9(6-7-18)17-12(8-16)13-10(14)4-3-5-11(13)15/h3-5,9,12,17-18H,2,6-8,16H2,1H3. The lowest BCUT2D eigenvalue weighted by Crippen LogP contribution is -2.38. The second kappa shape index (κ2) is 7.41. The quantitative estimate of drug-likeness (QED) is 0.698. The highest BCUT2D eigenvalue weighted by molar-refractivity contribution is 5.23. The third kappa shape index (κ3) is 3.73. The van der Waals surface area contributed by atoms with Crippen LogP contribution in [0.15, 0.2) is 18.2 Å². The number of rotatable bonds is 7. The van der Waals surface area contributed by atoms with E-state index in [1.165, 1.54) is 18.2 Å². The maximum atomic E-state index is 13.6. The Kier molecular flexibility index (Phi) is 6.18. The summed E-state index contributed by atoms with van der Waals surface area (Å²) in [5.74, 6) is -1.20. The molecule has 0 heterocycles. The first-order chi connectivity index (χ1) is 8.63. The molecule has 0 spiro atoms. The smallest absolute Gasteiger partial charge is 0.130 e. The highest BCUT2D eigenvalue weighted by Gasteiger charge is 2.21. The zero-order chi connectivity index (χ0) is 13.5. The second-order valence-corrected chi connectivity index (χ2v) is 4.21. The molecule has 3 nitrogen and oxygen atoms in total. The molecule has 0 fully saturated rings. The summed E-state index contributed by atoms with van der Waals surface area (Å²) in [6.45, 7) is 2.07. The topological polar surface area (TPSA) is 58.3 Å². The van der Waals surface area contributed by atoms with Crippen LogP contribution in [0, 0.1) is 11.6 Å². The number of aliphatic hydroxyl groups excluding tert-OH is 1. The van der Waals surface area contributed by atoms with Gasteiger partial charge in [-0.3, -0.25) is 0 Å². The van der Waals surface area contributed by atoms with E-state index in [0.29, 0.717) is 6.42 Å². The third-order valence-electron chi connectivity index (χ3n) is 2.99. The van der Waals surface area contributed by atoms with Crippen LogP contribution in [0.3, 0.4) is 0 Å². The van der Waals surface area contributed by atoms with Gasteiger partial charge in [0.2, 0.25) is 0 Å². The Hall–Kier alpha value is -1.04. The molecule has 0 aliphatic carbocycles. The van der Waals surface area contributed by atoms with Gasteiger partial charge in [0.1, 0.15) is 11.6 Å². The average Bonchev–Trinajstić information content (AvgIpc) is 2.36. The van der Waals surface area contributed by atoms with Crippen LogP contribution < -0.4 is 11.1 Å². The number of nitrogens with one attached hydrogen (secondary N) is 1. The Labute approximate surface area is 106 Å². The minimum absolute atomic E-state index is 0.0115. The highest BCUT2D eigenvalue weighted by Crippen LogP contribution is 2.21. The molecule has 2 atom stereocenters. The predicted molar refractivity (Wildman–Crippen MR) is 67.1 cm³/mol. The zero-order valence-electron chi connectivity index (χ0n) is 10.5. The van der Waals surface area contributed by atoms with E-state index in [4.69, 9.17) is 10.8 Å². The zero-order valence-corrected chi connectivity index (χ0v) is 10.5. The Morgan fingerprint density at radius 1 is 1.33 bits per heavy atom. The van der Waals surface area contributed by atoms with E-state index in [9.17, 15) is 8.78 Å². The molecule has 0 bridgehead atoms. The van der Waals surface area contributed by atoms with E-state index >= 15 is 0 Å². The molecule has 5 heteroatoms. The molecular formula is C13H20F2N2O. The summed E-state index contributed by atoms with van der Waals surface area (Å²) >= 11 is 0. The van der Waals surface area contributed by atoms with Gasteiger partial charge < -0.3 is 16.2 Å². The number of aliphatic hydroxyl groups is 1. The van der Waals surface area contributed by atoms with Crippen molar-refractivity contribution in [2.24, 2.45) is 5.73 Å². The van der Waals surface area contributed by atoms with Crippen molar-refractivity contribution in [1.82, 2.24) is 5.32 Å². The fourth-order valence-electron chi connectivity index (χ4n) is 1.96. The van der Waals surface area contributed by atoms with Gasteiger partial charge in [0.15, 0.2) is 0 Å². The lowest BCUT2D eigenvalue weighted by atomic mass is 10.0. The molecule has 0 radical (unpaired) electrons. The fourth-order valence-corrected chi connectivity index (χ4v) is 1.96. The summed E-state index contributed by atoms with van der Waals surface area (Å²) in [6.07, 6.45) is 1.29. The minimum Gasteiger partial charge on any atom is -0.396 e. The normalized spacial score (nSPS) is 14.5. The molecule has 0 aliphatic rings. The van der Waals surface area contributed by atoms with Crippen LogP contribution in [0.5, 0.6) is 0 Å². The molecule has 2 unspecified atom stereocenters. The number of hydrogen-bond acceptors (Lipinski definition) is 3. The lowest BCUT2D eigenvalue weighted by Gasteiger charge is -2.24. The molecule has 0 saturated heterocycles. The molecule has 1 rings (SSSR count). The number of halogens is 2. The largest absolute Gasteiger partial charge is 0.396 e. The Balaban J connectivity index is 2.88. The van der Waals surface area contributed by atoms with Gasteiger partial charge in [-0.05, 0) is 25.0 Å². The van der Waals surface area contributed by atoms with Crippen molar-refractivity contribution < 1.29 is 13.9 Å². The van der Waals surface area contributed by atoms with Crippen molar-refractivity contribution in [2.75, 3.05) is 13.2 Å². The number of nitrogens with two attached hydrogens (primary N) is 1. The Morgan fingerprint density at radius 2 is 1.94 bits per heavy atom. The highest BCUT2D eigenvalue weighted by atomic mass is 19.1. The third-order valence-corrected chi connectivity index (χ3v) is 2.99. The molecule has 4 N–H and O–H groups in total. The van der Waals surface area contributed by atoms with Crippen molar-refractivity contribution in [3.05, 3.63) is 35.4 Å². The van der Waals surface area contributed by atoms with Crippen molar-refractivity contribution in [3.8, 4) is 0 Å². The van der Waals surface area contributed by atoms with E-state index in [-0.39, 0.29) is 24.8 Å². The van der Waals surface area contributed by atoms with E-state index in [1.807, 2.05) is 6.92 Å². The summed E-state index contributed by atoms with van der Waals surface area (Å²) in [5.41, 5.74) is 5.55. The first-order valence-corrected chi connectivity index (χ1v) is 6.14. The van der Waals surface area contributed by atoms with Crippen LogP contribution in [0.2, 0.25) is 0 Å². The van der Waals surface area contributed by atoms with Crippen LogP contribution >= 0.6 is 0 Å². The van der Waals surface area contributed by atoms with Gasteiger partial charge in [-0.25, -0.2) is 8.78 Å². The van der Waals surface area contributed by atoms with Gasteiger partial charge in [0.05, 0.1) is 6.04 Å². The van der Waals surface area contributed by atoms with Crippen molar-refractivity contribution in [3.63, 3.8) is 0 Å². The fraction of sp³-hybridized carbons (Fsp3) is 0.538. The number of hydrogen-bond donors (Lipinski definition) is 3. The molecular weight excluding hydrogens is 238 g/mol. The molecule has 18 heavy (non-hydrogen) atoms. The molecule has 1 aromatic carbocycles. The Bertz CT molecular complexity index is 354. The van der Waals surface area contributed by atoms with E-state index in [0.717, 1.165) is 6.42 Å². The van der Waals surface area contributed by atoms with Crippen molar-refractivity contribution in [2.45, 2.75) is 31.8 Å². The monoisotopic (exact) mass is 258 g/mol. The lowest BCUT2D eigenvalue weighted by molar-refractivity contribution is 0.254. The van der Waals surface area contributed by atoms with Crippen LogP contribution in [0.25, 0.3) is 0 Å². The van der Waals surface area contributed by atoms with Crippen molar-refractivity contribution in [1.29, 1.82) is 0 Å². The van der Waals surface area contributed by atoms with Gasteiger partial charge >= 0.3 is 0 Å². The number of benzene rings is 1. The predicted octanol–water partition coefficient (Wildman–Crippen LogP) is 1.72.